The maximum absolute atomic E-state index is 13.5. The molecule has 120 valence electrons. The fraction of sp³-hybridized carbons (Fsp3) is 0.467. The lowest BCUT2D eigenvalue weighted by Gasteiger charge is -2.23. The van der Waals surface area contributed by atoms with Gasteiger partial charge in [0.2, 0.25) is 5.91 Å². The third kappa shape index (κ3) is 3.47. The predicted octanol–water partition coefficient (Wildman–Crippen LogP) is 2.08. The molecule has 1 unspecified atom stereocenters. The Morgan fingerprint density at radius 2 is 2.23 bits per heavy atom. The van der Waals surface area contributed by atoms with Crippen molar-refractivity contribution in [1.29, 1.82) is 0 Å². The molecule has 0 aromatic heterocycles. The number of ether oxygens (including phenoxy) is 1. The van der Waals surface area contributed by atoms with Crippen molar-refractivity contribution in [3.8, 4) is 0 Å². The van der Waals surface area contributed by atoms with Gasteiger partial charge in [-0.05, 0) is 40.0 Å². The van der Waals surface area contributed by atoms with Crippen molar-refractivity contribution in [3.63, 3.8) is 0 Å². The Kier molecular flexibility index (Phi) is 5.18. The maximum atomic E-state index is 13.5. The Morgan fingerprint density at radius 1 is 1.50 bits per heavy atom. The van der Waals surface area contributed by atoms with Gasteiger partial charge in [0, 0.05) is 20.2 Å². The summed E-state index contributed by atoms with van der Waals surface area (Å²) in [6.07, 6.45) is 0.406. The van der Waals surface area contributed by atoms with E-state index < -0.39 is 17.2 Å². The van der Waals surface area contributed by atoms with Gasteiger partial charge in [-0.3, -0.25) is 9.59 Å². The number of rotatable bonds is 5. The standard InChI is InChI=1S/C15H17BrFNO4/c1-22-9-15(14(20)21)4-5-18(8-15)13(19)7-10-2-3-11(16)12(17)6-10/h2-3,6H,4-5,7-9H2,1H3,(H,20,21). The molecular formula is C15H17BrFNO4. The van der Waals surface area contributed by atoms with Gasteiger partial charge in [-0.2, -0.15) is 0 Å². The molecule has 1 atom stereocenters. The predicted molar refractivity (Wildman–Crippen MR) is 80.9 cm³/mol. The number of likely N-dealkylation sites (tertiary alicyclic amines) is 1. The van der Waals surface area contributed by atoms with Gasteiger partial charge in [0.1, 0.15) is 11.2 Å². The molecule has 1 aliphatic heterocycles. The topological polar surface area (TPSA) is 66.8 Å². The monoisotopic (exact) mass is 373 g/mol. The van der Waals surface area contributed by atoms with Crippen LogP contribution in [0.5, 0.6) is 0 Å². The molecule has 1 heterocycles. The second-order valence-corrected chi connectivity index (χ2v) is 6.36. The summed E-state index contributed by atoms with van der Waals surface area (Å²) < 4.78 is 18.8. The maximum Gasteiger partial charge on any atom is 0.313 e. The third-order valence-corrected chi connectivity index (χ3v) is 4.56. The molecule has 0 spiro atoms. The lowest BCUT2D eigenvalue weighted by atomic mass is 9.88. The SMILES string of the molecule is COCC1(C(=O)O)CCN(C(=O)Cc2ccc(Br)c(F)c2)C1. The number of halogens is 2. The average molecular weight is 374 g/mol. The molecular weight excluding hydrogens is 357 g/mol. The number of hydrogen-bond donors (Lipinski definition) is 1. The minimum Gasteiger partial charge on any atom is -0.481 e. The van der Waals surface area contributed by atoms with Gasteiger partial charge >= 0.3 is 5.97 Å². The summed E-state index contributed by atoms with van der Waals surface area (Å²) in [4.78, 5) is 25.2. The quantitative estimate of drug-likeness (QED) is 0.857. The second-order valence-electron chi connectivity index (χ2n) is 5.51. The summed E-state index contributed by atoms with van der Waals surface area (Å²) in [5, 5.41) is 9.38. The molecule has 7 heteroatoms. The summed E-state index contributed by atoms with van der Waals surface area (Å²) in [6, 6.07) is 4.52. The Labute approximate surface area is 136 Å². The van der Waals surface area contributed by atoms with Gasteiger partial charge in [-0.1, -0.05) is 6.07 Å². The second kappa shape index (κ2) is 6.75. The smallest absolute Gasteiger partial charge is 0.313 e. The van der Waals surface area contributed by atoms with Gasteiger partial charge in [-0.25, -0.2) is 4.39 Å². The lowest BCUT2D eigenvalue weighted by molar-refractivity contribution is -0.151. The van der Waals surface area contributed by atoms with E-state index >= 15 is 0 Å². The van der Waals surface area contributed by atoms with Crippen molar-refractivity contribution < 1.29 is 23.8 Å². The first-order chi connectivity index (χ1) is 10.4. The van der Waals surface area contributed by atoms with Crippen LogP contribution >= 0.6 is 15.9 Å². The number of carboxylic acids is 1. The van der Waals surface area contributed by atoms with Gasteiger partial charge < -0.3 is 14.7 Å². The van der Waals surface area contributed by atoms with E-state index in [1.165, 1.54) is 18.1 Å². The zero-order valence-electron chi connectivity index (χ0n) is 12.1. The number of nitrogens with zero attached hydrogens (tertiary/aromatic N) is 1. The van der Waals surface area contributed by atoms with E-state index in [0.717, 1.165) is 0 Å². The van der Waals surface area contributed by atoms with Crippen LogP contribution in [0.25, 0.3) is 0 Å². The summed E-state index contributed by atoms with van der Waals surface area (Å²) in [7, 11) is 1.44. The van der Waals surface area contributed by atoms with Gasteiger partial charge in [0.05, 0.1) is 17.5 Å². The number of carboxylic acid groups (broad SMARTS) is 1. The van der Waals surface area contributed by atoms with E-state index in [-0.39, 0.29) is 25.5 Å². The van der Waals surface area contributed by atoms with E-state index in [1.807, 2.05) is 0 Å². The number of methoxy groups -OCH3 is 1. The van der Waals surface area contributed by atoms with Crippen LogP contribution in [0.4, 0.5) is 4.39 Å². The fourth-order valence-electron chi connectivity index (χ4n) is 2.65. The number of hydrogen-bond acceptors (Lipinski definition) is 3. The summed E-state index contributed by atoms with van der Waals surface area (Å²) in [5.41, 5.74) is -0.486. The first kappa shape index (κ1) is 16.9. The van der Waals surface area contributed by atoms with Crippen LogP contribution in [-0.4, -0.2) is 48.7 Å². The van der Waals surface area contributed by atoms with E-state index in [0.29, 0.717) is 23.0 Å². The number of aliphatic carboxylic acids is 1. The Morgan fingerprint density at radius 3 is 2.82 bits per heavy atom. The highest BCUT2D eigenvalue weighted by atomic mass is 79.9. The highest BCUT2D eigenvalue weighted by Crippen LogP contribution is 2.31. The summed E-state index contributed by atoms with van der Waals surface area (Å²) in [5.74, 6) is -1.59. The number of amides is 1. The molecule has 1 aromatic carbocycles. The largest absolute Gasteiger partial charge is 0.481 e. The van der Waals surface area contributed by atoms with E-state index in [9.17, 15) is 19.1 Å². The van der Waals surface area contributed by atoms with Crippen molar-refractivity contribution in [2.75, 3.05) is 26.8 Å². The highest BCUT2D eigenvalue weighted by Gasteiger charge is 2.46. The molecule has 0 saturated carbocycles. The minimum atomic E-state index is -1.05. The zero-order valence-corrected chi connectivity index (χ0v) is 13.7. The molecule has 1 aromatic rings. The first-order valence-electron chi connectivity index (χ1n) is 6.82. The van der Waals surface area contributed by atoms with Crippen LogP contribution in [0.2, 0.25) is 0 Å². The first-order valence-corrected chi connectivity index (χ1v) is 7.61. The van der Waals surface area contributed by atoms with Crippen molar-refractivity contribution >= 4 is 27.8 Å². The molecule has 0 aliphatic carbocycles. The molecule has 1 N–H and O–H groups in total. The van der Waals surface area contributed by atoms with Crippen LogP contribution in [0.15, 0.2) is 22.7 Å². The van der Waals surface area contributed by atoms with E-state index in [4.69, 9.17) is 4.74 Å². The van der Waals surface area contributed by atoms with E-state index in [2.05, 4.69) is 15.9 Å². The van der Waals surface area contributed by atoms with Crippen molar-refractivity contribution in [1.82, 2.24) is 4.90 Å². The molecule has 5 nitrogen and oxygen atoms in total. The summed E-state index contributed by atoms with van der Waals surface area (Å²) in [6.45, 7) is 0.556. The molecule has 22 heavy (non-hydrogen) atoms. The van der Waals surface area contributed by atoms with Crippen LogP contribution < -0.4 is 0 Å². The summed E-state index contributed by atoms with van der Waals surface area (Å²) >= 11 is 3.06. The van der Waals surface area contributed by atoms with Crippen LogP contribution in [0, 0.1) is 11.2 Å². The van der Waals surface area contributed by atoms with Crippen molar-refractivity contribution in [2.45, 2.75) is 12.8 Å². The lowest BCUT2D eigenvalue weighted by Crippen LogP contribution is -2.40. The van der Waals surface area contributed by atoms with Gasteiger partial charge in [0.25, 0.3) is 0 Å². The Bertz CT molecular complexity index is 595. The third-order valence-electron chi connectivity index (χ3n) is 3.92. The highest BCUT2D eigenvalue weighted by molar-refractivity contribution is 9.10. The molecule has 2 rings (SSSR count). The Hall–Kier alpha value is -1.47. The normalized spacial score (nSPS) is 21.1. The van der Waals surface area contributed by atoms with Crippen LogP contribution in [-0.2, 0) is 20.7 Å². The molecule has 1 fully saturated rings. The number of carbonyl (C=O) groups excluding carboxylic acids is 1. The van der Waals surface area contributed by atoms with Crippen molar-refractivity contribution in [2.24, 2.45) is 5.41 Å². The molecule has 0 bridgehead atoms. The molecule has 0 radical (unpaired) electrons. The molecule has 1 aliphatic rings. The van der Waals surface area contributed by atoms with Crippen LogP contribution in [0.1, 0.15) is 12.0 Å². The molecule has 1 saturated heterocycles. The van der Waals surface area contributed by atoms with E-state index in [1.54, 1.807) is 12.1 Å². The van der Waals surface area contributed by atoms with Crippen LogP contribution in [0.3, 0.4) is 0 Å². The molecule has 1 amide bonds. The minimum absolute atomic E-state index is 0.0485. The van der Waals surface area contributed by atoms with Gasteiger partial charge in [0.15, 0.2) is 0 Å². The Balaban J connectivity index is 2.05. The number of benzene rings is 1. The van der Waals surface area contributed by atoms with Crippen molar-refractivity contribution in [3.05, 3.63) is 34.1 Å². The average Bonchev–Trinajstić information content (AvgIpc) is 2.89. The fourth-order valence-corrected chi connectivity index (χ4v) is 2.90. The zero-order chi connectivity index (χ0) is 16.3. The van der Waals surface area contributed by atoms with Gasteiger partial charge in [-0.15, -0.1) is 0 Å². The number of carbonyl (C=O) groups is 2.